The third kappa shape index (κ3) is 10.7. The van der Waals surface area contributed by atoms with Gasteiger partial charge in [0, 0.05) is 42.9 Å². The molecule has 0 aromatic heterocycles. The van der Waals surface area contributed by atoms with Crippen LogP contribution in [-0.2, 0) is 9.59 Å². The van der Waals surface area contributed by atoms with Gasteiger partial charge >= 0.3 is 0 Å². The molecule has 328 valence electrons. The van der Waals surface area contributed by atoms with E-state index in [2.05, 4.69) is 72.9 Å². The van der Waals surface area contributed by atoms with Crippen molar-refractivity contribution in [2.45, 2.75) is 118 Å². The van der Waals surface area contributed by atoms with Crippen LogP contribution < -0.4 is 10.6 Å². The van der Waals surface area contributed by atoms with Gasteiger partial charge in [-0.25, -0.2) is 0 Å². The second-order valence-corrected chi connectivity index (χ2v) is 21.7. The monoisotopic (exact) mass is 874 g/mol. The molecule has 6 rings (SSSR count). The number of ketones is 4. The van der Waals surface area contributed by atoms with Crippen molar-refractivity contribution >= 4 is 69.8 Å². The highest BCUT2D eigenvalue weighted by molar-refractivity contribution is 8.01. The van der Waals surface area contributed by atoms with Gasteiger partial charge in [0.15, 0.2) is 23.1 Å². The normalized spacial score (nSPS) is 13.4. The number of carbonyl (C=O) groups is 6. The van der Waals surface area contributed by atoms with Crippen molar-refractivity contribution < 1.29 is 28.8 Å². The Balaban J connectivity index is 0.00000358. The fraction of sp³-hybridized carbons (Fsp3) is 0.423. The van der Waals surface area contributed by atoms with Crippen LogP contribution in [0.1, 0.15) is 172 Å². The number of benzene rings is 4. The lowest BCUT2D eigenvalue weighted by atomic mass is 9.75. The first kappa shape index (κ1) is 48.2. The Bertz CT molecular complexity index is 2410. The van der Waals surface area contributed by atoms with Gasteiger partial charge in [-0.1, -0.05) is 143 Å². The largest absolute Gasteiger partial charge is 0.325 e. The zero-order valence-corrected chi connectivity index (χ0v) is 39.9. The summed E-state index contributed by atoms with van der Waals surface area (Å²) in [5.74, 6) is -1.58. The summed E-state index contributed by atoms with van der Waals surface area (Å²) in [6.45, 7) is 23.5. The Morgan fingerprint density at radius 3 is 1.23 bits per heavy atom. The minimum atomic E-state index is -0.446. The third-order valence-electron chi connectivity index (χ3n) is 11.9. The number of hydrogen-bond acceptors (Lipinski definition) is 8. The lowest BCUT2D eigenvalue weighted by Gasteiger charge is -2.30. The smallest absolute Gasteiger partial charge is 0.234 e. The third-order valence-corrected chi connectivity index (χ3v) is 14.6. The Labute approximate surface area is 376 Å². The number of rotatable bonds is 16. The van der Waals surface area contributed by atoms with Gasteiger partial charge in [-0.2, -0.15) is 0 Å². The summed E-state index contributed by atoms with van der Waals surface area (Å²) in [7, 11) is 0. The molecule has 0 radical (unpaired) electrons. The van der Waals surface area contributed by atoms with Crippen molar-refractivity contribution in [3.05, 3.63) is 117 Å². The van der Waals surface area contributed by atoms with E-state index in [1.807, 2.05) is 13.8 Å². The van der Waals surface area contributed by atoms with Crippen LogP contribution in [0.25, 0.3) is 11.1 Å². The molecule has 2 aliphatic carbocycles. The minimum Gasteiger partial charge on any atom is -0.325 e. The number of amides is 2. The molecule has 0 spiro atoms. The van der Waals surface area contributed by atoms with Crippen molar-refractivity contribution in [3.8, 4) is 11.1 Å². The summed E-state index contributed by atoms with van der Waals surface area (Å²) in [6, 6.07) is 19.5. The first-order valence-electron chi connectivity index (χ1n) is 21.8. The number of thioether (sulfide) groups is 2. The van der Waals surface area contributed by atoms with Crippen molar-refractivity contribution in [2.24, 2.45) is 11.3 Å². The van der Waals surface area contributed by atoms with Crippen LogP contribution in [0.3, 0.4) is 0 Å². The molecule has 0 fully saturated rings. The van der Waals surface area contributed by atoms with Crippen molar-refractivity contribution in [3.63, 3.8) is 0 Å². The molecule has 0 bridgehead atoms. The zero-order valence-electron chi connectivity index (χ0n) is 38.2. The SMILES string of the molecule is CC.CCC(C)(C)CCC(C)(C)SCC(=O)Nc1ccc(-c2ccc(NC(=O)CSC(C)(C)CCC(C)C)c3c2C(=O)c2ccccc2C3=O)c2c1C(=O)c1ccccc1C2=O. The van der Waals surface area contributed by atoms with Crippen LogP contribution >= 0.6 is 23.5 Å². The molecule has 0 saturated carbocycles. The molecule has 8 nitrogen and oxygen atoms in total. The van der Waals surface area contributed by atoms with Crippen LogP contribution in [-0.4, -0.2) is 55.9 Å². The van der Waals surface area contributed by atoms with Gasteiger partial charge in [0.1, 0.15) is 0 Å². The van der Waals surface area contributed by atoms with Gasteiger partial charge in [-0.15, -0.1) is 23.5 Å². The zero-order chi connectivity index (χ0) is 45.7. The van der Waals surface area contributed by atoms with Crippen molar-refractivity contribution in [1.29, 1.82) is 0 Å². The summed E-state index contributed by atoms with van der Waals surface area (Å²) in [6.07, 6.45) is 4.96. The van der Waals surface area contributed by atoms with Crippen LogP contribution in [0.4, 0.5) is 11.4 Å². The summed E-state index contributed by atoms with van der Waals surface area (Å²) < 4.78 is -0.321. The molecular weight excluding hydrogens is 813 g/mol. The highest BCUT2D eigenvalue weighted by Gasteiger charge is 2.39. The average Bonchev–Trinajstić information content (AvgIpc) is 3.25. The standard InChI is InChI=1S/C50H56N2O6S2.C2H6/c1-10-48(4,5)25-26-50(8,9)60-28-39(54)52-37-22-20-31(41-43(37)47(58)35-18-14-12-16-33(35)45(41)56)30-19-21-36(51-38(53)27-59-49(6,7)24-23-29(2)3)42-40(30)44(55)32-15-11-13-17-34(32)46(42)57;1-2/h11-22,29H,10,23-28H2,1-9H3,(H,51,53)(H,52,54);1-2H3. The summed E-state index contributed by atoms with van der Waals surface area (Å²) in [4.78, 5) is 85.2. The molecule has 10 heteroatoms. The molecule has 0 atom stereocenters. The fourth-order valence-corrected chi connectivity index (χ4v) is 9.29. The highest BCUT2D eigenvalue weighted by atomic mass is 32.2. The first-order valence-corrected chi connectivity index (χ1v) is 23.8. The van der Waals surface area contributed by atoms with Gasteiger partial charge in [-0.3, -0.25) is 28.8 Å². The molecular formula is C52H62N2O6S2. The second-order valence-electron chi connectivity index (χ2n) is 18.4. The number of anilines is 2. The molecule has 4 aromatic carbocycles. The molecule has 2 amide bonds. The molecule has 0 aliphatic heterocycles. The number of carbonyl (C=O) groups excluding carboxylic acids is 6. The molecule has 4 aromatic rings. The van der Waals surface area contributed by atoms with E-state index in [9.17, 15) is 28.8 Å². The van der Waals surface area contributed by atoms with Gasteiger partial charge < -0.3 is 10.6 Å². The Kier molecular flexibility index (Phi) is 15.3. The molecule has 62 heavy (non-hydrogen) atoms. The summed E-state index contributed by atoms with van der Waals surface area (Å²) >= 11 is 3.08. The molecule has 2 N–H and O–H groups in total. The van der Waals surface area contributed by atoms with E-state index in [-0.39, 0.29) is 105 Å². The van der Waals surface area contributed by atoms with E-state index in [1.54, 1.807) is 84.6 Å². The highest BCUT2D eigenvalue weighted by Crippen LogP contribution is 2.44. The minimum absolute atomic E-state index is 0.0247. The summed E-state index contributed by atoms with van der Waals surface area (Å²) in [5.41, 5.74) is 2.04. The van der Waals surface area contributed by atoms with Crippen LogP contribution in [0.5, 0.6) is 0 Å². The second kappa shape index (κ2) is 19.7. The topological polar surface area (TPSA) is 126 Å². The molecule has 0 unspecified atom stereocenters. The Hall–Kier alpha value is -4.80. The van der Waals surface area contributed by atoms with Crippen molar-refractivity contribution in [1.82, 2.24) is 0 Å². The number of fused-ring (bicyclic) bond motifs is 4. The maximum absolute atomic E-state index is 14.6. The quantitative estimate of drug-likeness (QED) is 0.0984. The van der Waals surface area contributed by atoms with E-state index in [1.165, 1.54) is 11.8 Å². The van der Waals surface area contributed by atoms with Gasteiger partial charge in [-0.05, 0) is 60.3 Å². The van der Waals surface area contributed by atoms with Crippen LogP contribution in [0.2, 0.25) is 0 Å². The van der Waals surface area contributed by atoms with E-state index in [0.717, 1.165) is 32.1 Å². The van der Waals surface area contributed by atoms with Gasteiger partial charge in [0.25, 0.3) is 0 Å². The number of nitrogens with one attached hydrogen (secondary N) is 2. The Morgan fingerprint density at radius 1 is 0.516 bits per heavy atom. The fourth-order valence-electron chi connectivity index (χ4n) is 7.59. The molecule has 0 heterocycles. The van der Waals surface area contributed by atoms with Crippen molar-refractivity contribution in [2.75, 3.05) is 22.1 Å². The van der Waals surface area contributed by atoms with E-state index in [0.29, 0.717) is 5.92 Å². The molecule has 0 saturated heterocycles. The van der Waals surface area contributed by atoms with E-state index in [4.69, 9.17) is 0 Å². The van der Waals surface area contributed by atoms with E-state index < -0.39 is 23.1 Å². The lowest BCUT2D eigenvalue weighted by Crippen LogP contribution is -2.28. The van der Waals surface area contributed by atoms with Crippen LogP contribution in [0, 0.1) is 11.3 Å². The maximum Gasteiger partial charge on any atom is 0.234 e. The Morgan fingerprint density at radius 2 is 0.871 bits per heavy atom. The number of hydrogen-bond donors (Lipinski definition) is 2. The van der Waals surface area contributed by atoms with Crippen LogP contribution in [0.15, 0.2) is 72.8 Å². The average molecular weight is 875 g/mol. The lowest BCUT2D eigenvalue weighted by molar-refractivity contribution is -0.114. The maximum atomic E-state index is 14.6. The predicted octanol–water partition coefficient (Wildman–Crippen LogP) is 12.5. The van der Waals surface area contributed by atoms with E-state index >= 15 is 0 Å². The summed E-state index contributed by atoms with van der Waals surface area (Å²) in [5, 5.41) is 5.87. The predicted molar refractivity (Wildman–Crippen MR) is 258 cm³/mol. The van der Waals surface area contributed by atoms with Gasteiger partial charge in [0.2, 0.25) is 11.8 Å². The first-order chi connectivity index (χ1) is 29.2. The molecule has 2 aliphatic rings. The van der Waals surface area contributed by atoms with Gasteiger partial charge in [0.05, 0.1) is 34.0 Å².